The molecule has 2 N–H and O–H groups in total. The number of aromatic hydroxyl groups is 1. The van der Waals surface area contributed by atoms with Gasteiger partial charge in [-0.3, -0.25) is 0 Å². The number of anilines is 1. The monoisotopic (exact) mass is 331 g/mol. The number of phenols is 1. The number of halogens is 3. The fourth-order valence-corrected chi connectivity index (χ4v) is 2.45. The standard InChI is InChI=1S/C14H12Cl3NO2/c1-20-13-6-10(2-3-11(13)16)18-7-8-4-9(15)5-12(17)14(8)19/h2-6,18-19H,7H2,1H3. The lowest BCUT2D eigenvalue weighted by Gasteiger charge is -2.11. The van der Waals surface area contributed by atoms with Crippen molar-refractivity contribution in [2.75, 3.05) is 12.4 Å². The lowest BCUT2D eigenvalue weighted by molar-refractivity contribution is 0.415. The Labute approximate surface area is 132 Å². The van der Waals surface area contributed by atoms with Crippen molar-refractivity contribution in [2.45, 2.75) is 6.54 Å². The van der Waals surface area contributed by atoms with Crippen LogP contribution in [0.4, 0.5) is 5.69 Å². The van der Waals surface area contributed by atoms with Crippen LogP contribution in [0.3, 0.4) is 0 Å². The molecule has 2 aromatic rings. The van der Waals surface area contributed by atoms with Crippen molar-refractivity contribution in [3.63, 3.8) is 0 Å². The van der Waals surface area contributed by atoms with Gasteiger partial charge in [-0.25, -0.2) is 0 Å². The molecule has 0 unspecified atom stereocenters. The van der Waals surface area contributed by atoms with E-state index in [2.05, 4.69) is 5.32 Å². The molecule has 0 amide bonds. The summed E-state index contributed by atoms with van der Waals surface area (Å²) in [6.45, 7) is 0.372. The summed E-state index contributed by atoms with van der Waals surface area (Å²) in [6.07, 6.45) is 0. The normalized spacial score (nSPS) is 10.4. The maximum absolute atomic E-state index is 9.87. The third-order valence-corrected chi connectivity index (χ3v) is 3.56. The number of rotatable bonds is 4. The predicted molar refractivity (Wildman–Crippen MR) is 83.5 cm³/mol. The van der Waals surface area contributed by atoms with E-state index < -0.39 is 0 Å². The van der Waals surface area contributed by atoms with Gasteiger partial charge in [-0.2, -0.15) is 0 Å². The van der Waals surface area contributed by atoms with E-state index in [-0.39, 0.29) is 10.8 Å². The zero-order valence-corrected chi connectivity index (χ0v) is 12.9. The second kappa shape index (κ2) is 6.44. The first kappa shape index (κ1) is 15.1. The van der Waals surface area contributed by atoms with Gasteiger partial charge in [0.2, 0.25) is 0 Å². The first-order valence-electron chi connectivity index (χ1n) is 5.75. The zero-order chi connectivity index (χ0) is 14.7. The number of phenolic OH excluding ortho intramolecular Hbond substituents is 1. The van der Waals surface area contributed by atoms with Crippen molar-refractivity contribution in [1.29, 1.82) is 0 Å². The molecule has 0 atom stereocenters. The average molecular weight is 333 g/mol. The third-order valence-electron chi connectivity index (χ3n) is 2.74. The fraction of sp³-hybridized carbons (Fsp3) is 0.143. The summed E-state index contributed by atoms with van der Waals surface area (Å²) in [5, 5.41) is 14.2. The van der Waals surface area contributed by atoms with Crippen LogP contribution >= 0.6 is 34.8 Å². The molecule has 0 fully saturated rings. The fourth-order valence-electron chi connectivity index (χ4n) is 1.72. The van der Waals surface area contributed by atoms with Crippen LogP contribution in [0.15, 0.2) is 30.3 Å². The highest BCUT2D eigenvalue weighted by Crippen LogP contribution is 2.32. The number of benzene rings is 2. The van der Waals surface area contributed by atoms with Gasteiger partial charge < -0.3 is 15.2 Å². The Morgan fingerprint density at radius 1 is 1.10 bits per heavy atom. The molecular formula is C14H12Cl3NO2. The van der Waals surface area contributed by atoms with E-state index >= 15 is 0 Å². The van der Waals surface area contributed by atoms with Gasteiger partial charge in [0, 0.05) is 28.9 Å². The number of ether oxygens (including phenoxy) is 1. The molecular weight excluding hydrogens is 321 g/mol. The minimum absolute atomic E-state index is 0.0181. The van der Waals surface area contributed by atoms with Crippen molar-refractivity contribution in [3.8, 4) is 11.5 Å². The van der Waals surface area contributed by atoms with Crippen molar-refractivity contribution in [3.05, 3.63) is 51.0 Å². The SMILES string of the molecule is COc1cc(NCc2cc(Cl)cc(Cl)c2O)ccc1Cl. The van der Waals surface area contributed by atoms with Crippen LogP contribution in [-0.4, -0.2) is 12.2 Å². The minimum atomic E-state index is 0.0181. The van der Waals surface area contributed by atoms with E-state index in [9.17, 15) is 5.11 Å². The lowest BCUT2D eigenvalue weighted by Crippen LogP contribution is -2.00. The number of hydrogen-bond donors (Lipinski definition) is 2. The van der Waals surface area contributed by atoms with Gasteiger partial charge in [-0.1, -0.05) is 34.8 Å². The zero-order valence-electron chi connectivity index (χ0n) is 10.6. The molecule has 0 aliphatic rings. The second-order valence-corrected chi connectivity index (χ2v) is 5.35. The minimum Gasteiger partial charge on any atom is -0.506 e. The number of hydrogen-bond acceptors (Lipinski definition) is 3. The Morgan fingerprint density at radius 2 is 1.85 bits per heavy atom. The van der Waals surface area contributed by atoms with Gasteiger partial charge in [0.15, 0.2) is 0 Å². The molecule has 0 saturated heterocycles. The molecule has 0 aliphatic carbocycles. The summed E-state index contributed by atoms with van der Waals surface area (Å²) in [5.41, 5.74) is 1.41. The molecule has 0 heterocycles. The van der Waals surface area contributed by atoms with Gasteiger partial charge in [0.25, 0.3) is 0 Å². The van der Waals surface area contributed by atoms with Crippen LogP contribution in [0.2, 0.25) is 15.1 Å². The summed E-state index contributed by atoms with van der Waals surface area (Å²) in [6, 6.07) is 8.46. The Hall–Kier alpha value is -1.29. The van der Waals surface area contributed by atoms with Crippen molar-refractivity contribution < 1.29 is 9.84 Å². The number of nitrogens with one attached hydrogen (secondary N) is 1. The maximum Gasteiger partial charge on any atom is 0.139 e. The highest BCUT2D eigenvalue weighted by molar-refractivity contribution is 6.35. The molecule has 2 aromatic carbocycles. The van der Waals surface area contributed by atoms with Gasteiger partial charge >= 0.3 is 0 Å². The molecule has 0 aliphatic heterocycles. The molecule has 6 heteroatoms. The molecule has 0 saturated carbocycles. The highest BCUT2D eigenvalue weighted by atomic mass is 35.5. The van der Waals surface area contributed by atoms with Gasteiger partial charge in [0.1, 0.15) is 11.5 Å². The van der Waals surface area contributed by atoms with E-state index in [4.69, 9.17) is 39.5 Å². The summed E-state index contributed by atoms with van der Waals surface area (Å²) < 4.78 is 5.14. The Kier molecular flexibility index (Phi) is 4.86. The van der Waals surface area contributed by atoms with Crippen LogP contribution in [-0.2, 0) is 6.54 Å². The Balaban J connectivity index is 2.17. The first-order valence-corrected chi connectivity index (χ1v) is 6.89. The maximum atomic E-state index is 9.87. The third kappa shape index (κ3) is 3.42. The Bertz CT molecular complexity index is 632. The van der Waals surface area contributed by atoms with Crippen LogP contribution < -0.4 is 10.1 Å². The van der Waals surface area contributed by atoms with E-state index in [1.54, 1.807) is 25.3 Å². The van der Waals surface area contributed by atoms with Gasteiger partial charge in [-0.15, -0.1) is 0 Å². The highest BCUT2D eigenvalue weighted by Gasteiger charge is 2.08. The summed E-state index contributed by atoms with van der Waals surface area (Å²) in [7, 11) is 1.55. The molecule has 0 bridgehead atoms. The van der Waals surface area contributed by atoms with Crippen LogP contribution in [0.5, 0.6) is 11.5 Å². The molecule has 0 aromatic heterocycles. The first-order chi connectivity index (χ1) is 9.51. The van der Waals surface area contributed by atoms with Crippen molar-refractivity contribution >= 4 is 40.5 Å². The molecule has 3 nitrogen and oxygen atoms in total. The smallest absolute Gasteiger partial charge is 0.139 e. The average Bonchev–Trinajstić information content (AvgIpc) is 2.42. The van der Waals surface area contributed by atoms with Crippen molar-refractivity contribution in [1.82, 2.24) is 0 Å². The lowest BCUT2D eigenvalue weighted by atomic mass is 10.2. The summed E-state index contributed by atoms with van der Waals surface area (Å²) in [4.78, 5) is 0. The molecule has 20 heavy (non-hydrogen) atoms. The molecule has 0 radical (unpaired) electrons. The molecule has 0 spiro atoms. The molecule has 106 valence electrons. The second-order valence-electron chi connectivity index (χ2n) is 4.10. The van der Waals surface area contributed by atoms with E-state index in [0.717, 1.165) is 5.69 Å². The summed E-state index contributed by atoms with van der Waals surface area (Å²) in [5.74, 6) is 0.592. The van der Waals surface area contributed by atoms with Gasteiger partial charge in [-0.05, 0) is 24.3 Å². The van der Waals surface area contributed by atoms with E-state index in [1.165, 1.54) is 6.07 Å². The topological polar surface area (TPSA) is 41.5 Å². The van der Waals surface area contributed by atoms with E-state index in [0.29, 0.717) is 27.9 Å². The van der Waals surface area contributed by atoms with Crippen LogP contribution in [0, 0.1) is 0 Å². The molecule has 2 rings (SSSR count). The Morgan fingerprint density at radius 3 is 2.55 bits per heavy atom. The van der Waals surface area contributed by atoms with Crippen LogP contribution in [0.1, 0.15) is 5.56 Å². The summed E-state index contributed by atoms with van der Waals surface area (Å²) >= 11 is 17.7. The van der Waals surface area contributed by atoms with E-state index in [1.807, 2.05) is 6.07 Å². The largest absolute Gasteiger partial charge is 0.506 e. The van der Waals surface area contributed by atoms with Crippen molar-refractivity contribution in [2.24, 2.45) is 0 Å². The van der Waals surface area contributed by atoms with Crippen LogP contribution in [0.25, 0.3) is 0 Å². The van der Waals surface area contributed by atoms with Gasteiger partial charge in [0.05, 0.1) is 17.2 Å². The number of methoxy groups -OCH3 is 1. The predicted octanol–water partition coefficient (Wildman–Crippen LogP) is 4.97. The quantitative estimate of drug-likeness (QED) is 0.830.